The molecule has 0 fully saturated rings. The minimum Gasteiger partial charge on any atom is -0.650 e. The van der Waals surface area contributed by atoms with Gasteiger partial charge >= 0.3 is 10.0 Å². The summed E-state index contributed by atoms with van der Waals surface area (Å²) in [5.41, 5.74) is 0. The SMILES string of the molecule is CC[O+]([Si]O[Si])c1ccccc1. The molecule has 0 aliphatic rings. The summed E-state index contributed by atoms with van der Waals surface area (Å²) in [6, 6.07) is 10.1. The van der Waals surface area contributed by atoms with Gasteiger partial charge in [0.2, 0.25) is 16.2 Å². The summed E-state index contributed by atoms with van der Waals surface area (Å²) < 4.78 is 7.82. The lowest BCUT2D eigenvalue weighted by Crippen LogP contribution is -2.14. The van der Waals surface area contributed by atoms with Crippen LogP contribution in [0.3, 0.4) is 0 Å². The molecule has 4 heteroatoms. The Bertz CT molecular complexity index is 216. The van der Waals surface area contributed by atoms with E-state index in [9.17, 15) is 0 Å². The first kappa shape index (κ1) is 9.50. The van der Waals surface area contributed by atoms with Gasteiger partial charge in [-0.3, -0.25) is 0 Å². The van der Waals surface area contributed by atoms with Gasteiger partial charge in [-0.05, 0) is 0 Å². The third-order valence-electron chi connectivity index (χ3n) is 1.46. The molecule has 0 saturated carbocycles. The van der Waals surface area contributed by atoms with Gasteiger partial charge in [-0.25, -0.2) is 0 Å². The number of para-hydroxylation sites is 1. The highest BCUT2D eigenvalue weighted by Crippen LogP contribution is 2.20. The quantitative estimate of drug-likeness (QED) is 0.524. The molecule has 0 aliphatic carbocycles. The van der Waals surface area contributed by atoms with Crippen molar-refractivity contribution in [2.75, 3.05) is 6.61 Å². The van der Waals surface area contributed by atoms with Crippen LogP contribution in [0.2, 0.25) is 0 Å². The van der Waals surface area contributed by atoms with Gasteiger partial charge < -0.3 is 8.17 Å². The summed E-state index contributed by atoms with van der Waals surface area (Å²) in [7, 11) is 3.23. The summed E-state index contributed by atoms with van der Waals surface area (Å²) in [6.07, 6.45) is 0. The van der Waals surface area contributed by atoms with Crippen molar-refractivity contribution in [2.24, 2.45) is 0 Å². The molecular weight excluding hydrogens is 184 g/mol. The molecule has 0 aromatic heterocycles. The first-order valence-corrected chi connectivity index (χ1v) is 4.95. The van der Waals surface area contributed by atoms with E-state index in [2.05, 4.69) is 21.5 Å². The van der Waals surface area contributed by atoms with Gasteiger partial charge in [0.25, 0.3) is 0 Å². The zero-order chi connectivity index (χ0) is 8.81. The number of benzene rings is 1. The first-order chi connectivity index (χ1) is 5.88. The highest BCUT2D eigenvalue weighted by atomic mass is 28.3. The van der Waals surface area contributed by atoms with Gasteiger partial charge in [-0.1, -0.05) is 18.2 Å². The minimum absolute atomic E-state index is 0.247. The molecule has 0 bridgehead atoms. The van der Waals surface area contributed by atoms with Crippen LogP contribution in [0.1, 0.15) is 6.92 Å². The molecule has 0 unspecified atom stereocenters. The molecule has 1 aromatic rings. The van der Waals surface area contributed by atoms with Crippen molar-refractivity contribution in [1.29, 1.82) is 0 Å². The molecule has 2 nitrogen and oxygen atoms in total. The second kappa shape index (κ2) is 5.13. The van der Waals surface area contributed by atoms with E-state index in [1.54, 1.807) is 0 Å². The normalized spacial score (nSPS) is 9.83. The predicted octanol–water partition coefficient (Wildman–Crippen LogP) is 1.61. The van der Waals surface area contributed by atoms with Crippen LogP contribution in [0.5, 0.6) is 5.75 Å². The zero-order valence-corrected chi connectivity index (χ0v) is 8.91. The molecule has 0 saturated heterocycles. The van der Waals surface area contributed by atoms with Crippen LogP contribution >= 0.6 is 0 Å². The molecule has 1 rings (SSSR count). The molecule has 1 aromatic carbocycles. The highest BCUT2D eigenvalue weighted by molar-refractivity contribution is 6.29. The molecular formula is C8H10O2Si2+. The first-order valence-electron chi connectivity index (χ1n) is 3.72. The van der Waals surface area contributed by atoms with Crippen LogP contribution in [0.4, 0.5) is 0 Å². The van der Waals surface area contributed by atoms with Gasteiger partial charge in [0.1, 0.15) is 6.61 Å². The lowest BCUT2D eigenvalue weighted by atomic mass is 10.3. The fraction of sp³-hybridized carbons (Fsp3) is 0.250. The standard InChI is InChI=1S/C8H10O2Si2/c1-2-10(12-9-11)8-6-4-3-5-7-8/h3-7H,2H2,1H3/q+1. The summed E-state index contributed by atoms with van der Waals surface area (Å²) in [6.45, 7) is 2.93. The maximum absolute atomic E-state index is 4.87. The molecule has 0 N–H and O–H groups in total. The van der Waals surface area contributed by atoms with Crippen LogP contribution in [-0.4, -0.2) is 27.1 Å². The van der Waals surface area contributed by atoms with Crippen LogP contribution < -0.4 is 0 Å². The lowest BCUT2D eigenvalue weighted by Gasteiger charge is -2.20. The Morgan fingerprint density at radius 1 is 1.42 bits per heavy atom. The largest absolute Gasteiger partial charge is 0.827 e. The Kier molecular flexibility index (Phi) is 4.06. The molecule has 0 heterocycles. The minimum atomic E-state index is 0.247. The smallest absolute Gasteiger partial charge is 0.650 e. The monoisotopic (exact) mass is 194 g/mol. The van der Waals surface area contributed by atoms with E-state index in [0.717, 1.165) is 12.4 Å². The zero-order valence-electron chi connectivity index (χ0n) is 6.91. The Morgan fingerprint density at radius 2 is 2.08 bits per heavy atom. The van der Waals surface area contributed by atoms with E-state index in [1.807, 2.05) is 30.3 Å². The average molecular weight is 194 g/mol. The van der Waals surface area contributed by atoms with Crippen molar-refractivity contribution in [3.63, 3.8) is 0 Å². The predicted molar refractivity (Wildman–Crippen MR) is 50.1 cm³/mol. The highest BCUT2D eigenvalue weighted by Gasteiger charge is 2.14. The Labute approximate surface area is 78.8 Å². The Balaban J connectivity index is 2.66. The van der Waals surface area contributed by atoms with E-state index >= 15 is 0 Å². The van der Waals surface area contributed by atoms with Gasteiger partial charge in [0, 0.05) is 19.1 Å². The fourth-order valence-electron chi connectivity index (χ4n) is 0.909. The van der Waals surface area contributed by atoms with Crippen molar-refractivity contribution >= 4 is 20.5 Å². The van der Waals surface area contributed by atoms with E-state index < -0.39 is 0 Å². The molecule has 5 radical (unpaired) electrons. The van der Waals surface area contributed by atoms with Gasteiger partial charge in [0.05, 0.1) is 0 Å². The summed E-state index contributed by atoms with van der Waals surface area (Å²) in [5.74, 6) is 1.11. The van der Waals surface area contributed by atoms with E-state index in [0.29, 0.717) is 0 Å². The number of hydrogen-bond donors (Lipinski definition) is 0. The van der Waals surface area contributed by atoms with E-state index in [-0.39, 0.29) is 10.0 Å². The molecule has 0 amide bonds. The Hall–Kier alpha value is -0.586. The van der Waals surface area contributed by atoms with E-state index in [1.165, 1.54) is 0 Å². The second-order valence-electron chi connectivity index (χ2n) is 2.18. The van der Waals surface area contributed by atoms with Crippen LogP contribution in [0.15, 0.2) is 30.3 Å². The molecule has 61 valence electrons. The number of rotatable bonds is 4. The van der Waals surface area contributed by atoms with E-state index in [4.69, 9.17) is 4.12 Å². The fourth-order valence-corrected chi connectivity index (χ4v) is 1.66. The van der Waals surface area contributed by atoms with Crippen molar-refractivity contribution in [2.45, 2.75) is 6.92 Å². The third-order valence-corrected chi connectivity index (χ3v) is 2.52. The summed E-state index contributed by atoms with van der Waals surface area (Å²) in [4.78, 5) is 0. The van der Waals surface area contributed by atoms with Crippen LogP contribution in [0, 0.1) is 0 Å². The topological polar surface area (TPSA) is 11.9 Å². The molecule has 0 spiro atoms. The van der Waals surface area contributed by atoms with Crippen LogP contribution in [-0.2, 0) is 8.17 Å². The Morgan fingerprint density at radius 3 is 2.58 bits per heavy atom. The maximum Gasteiger partial charge on any atom is 0.827 e. The lowest BCUT2D eigenvalue weighted by molar-refractivity contribution is 0.107. The van der Waals surface area contributed by atoms with Gasteiger partial charge in [0.15, 0.2) is 0 Å². The van der Waals surface area contributed by atoms with Crippen molar-refractivity contribution < 1.29 is 8.17 Å². The van der Waals surface area contributed by atoms with Crippen molar-refractivity contribution in [1.82, 2.24) is 0 Å². The summed E-state index contributed by atoms with van der Waals surface area (Å²) in [5, 5.41) is 0. The second-order valence-corrected chi connectivity index (χ2v) is 3.65. The third kappa shape index (κ3) is 2.47. The van der Waals surface area contributed by atoms with Crippen molar-refractivity contribution in [3.05, 3.63) is 30.3 Å². The maximum atomic E-state index is 4.87. The van der Waals surface area contributed by atoms with Gasteiger partial charge in [-0.2, -0.15) is 0 Å². The molecule has 0 atom stereocenters. The average Bonchev–Trinajstić information content (AvgIpc) is 2.15. The van der Waals surface area contributed by atoms with Crippen LogP contribution in [0.25, 0.3) is 0 Å². The van der Waals surface area contributed by atoms with Gasteiger partial charge in [-0.15, -0.1) is 0 Å². The summed E-state index contributed by atoms with van der Waals surface area (Å²) >= 11 is 0. The molecule has 0 aliphatic heterocycles. The van der Waals surface area contributed by atoms with Crippen molar-refractivity contribution in [3.8, 4) is 5.75 Å². The molecule has 12 heavy (non-hydrogen) atoms. The number of hydrogen-bond acceptors (Lipinski definition) is 1.